The zero-order chi connectivity index (χ0) is 28.4. The first-order valence-electron chi connectivity index (χ1n) is 14.2. The number of amides is 2. The lowest BCUT2D eigenvalue weighted by atomic mass is 9.64. The second-order valence-electron chi connectivity index (χ2n) is 10.8. The van der Waals surface area contributed by atoms with E-state index < -0.39 is 23.3 Å². The Hall–Kier alpha value is -3.22. The Kier molecular flexibility index (Phi) is 11.1. The number of carbonyl (C=O) groups is 2. The van der Waals surface area contributed by atoms with Crippen LogP contribution >= 0.6 is 0 Å². The number of allylic oxidation sites excluding steroid dienone is 2. The Labute approximate surface area is 234 Å². The number of nitrogens with two attached hydrogens (primary N) is 1. The average Bonchev–Trinajstić information content (AvgIpc) is 2.93. The van der Waals surface area contributed by atoms with Gasteiger partial charge in [0, 0.05) is 37.7 Å². The number of nitrogens with one attached hydrogen (secondary N) is 1. The highest BCUT2D eigenvalue weighted by Crippen LogP contribution is 2.44. The number of hydrogen-bond donors (Lipinski definition) is 3. The Balaban J connectivity index is 1.98. The molecule has 2 aromatic rings. The molecule has 0 fully saturated rings. The molecule has 39 heavy (non-hydrogen) atoms. The molecule has 0 aliphatic heterocycles. The SMILES string of the molecule is CCCN(CCC)C(=O)C1([C@H](Cc2ccccc2)[C@@H](O)CNCc2ccc(C)c(C)c2)C=CC=C(C(N)=O)C1. The molecule has 1 unspecified atom stereocenters. The van der Waals surface area contributed by atoms with Crippen LogP contribution in [-0.4, -0.2) is 47.6 Å². The fraction of sp³-hybridized carbons (Fsp3) is 0.455. The molecule has 0 bridgehead atoms. The molecule has 0 saturated carbocycles. The van der Waals surface area contributed by atoms with E-state index >= 15 is 0 Å². The summed E-state index contributed by atoms with van der Waals surface area (Å²) in [6.45, 7) is 10.5. The first-order valence-corrected chi connectivity index (χ1v) is 14.2. The number of rotatable bonds is 14. The van der Waals surface area contributed by atoms with Crippen molar-refractivity contribution in [2.24, 2.45) is 17.1 Å². The summed E-state index contributed by atoms with van der Waals surface area (Å²) in [5, 5.41) is 15.2. The number of hydrogen-bond acceptors (Lipinski definition) is 4. The van der Waals surface area contributed by atoms with Gasteiger partial charge in [0.2, 0.25) is 11.8 Å². The number of carbonyl (C=O) groups excluding carboxylic acids is 2. The molecule has 1 aliphatic carbocycles. The second-order valence-corrected chi connectivity index (χ2v) is 10.8. The van der Waals surface area contributed by atoms with Crippen LogP contribution in [0.3, 0.4) is 0 Å². The van der Waals surface area contributed by atoms with E-state index in [0.29, 0.717) is 38.2 Å². The van der Waals surface area contributed by atoms with Gasteiger partial charge in [0.25, 0.3) is 0 Å². The third-order valence-electron chi connectivity index (χ3n) is 7.84. The molecule has 0 aromatic heterocycles. The Bertz CT molecular complexity index is 1170. The minimum atomic E-state index is -1.10. The lowest BCUT2D eigenvalue weighted by Crippen LogP contribution is -2.54. The van der Waals surface area contributed by atoms with Gasteiger partial charge in [-0.2, -0.15) is 0 Å². The average molecular weight is 532 g/mol. The highest BCUT2D eigenvalue weighted by atomic mass is 16.3. The molecule has 3 atom stereocenters. The third kappa shape index (κ3) is 7.68. The van der Waals surface area contributed by atoms with E-state index in [1.165, 1.54) is 11.1 Å². The molecule has 1 aliphatic rings. The number of aliphatic hydroxyl groups excluding tert-OH is 1. The quantitative estimate of drug-likeness (QED) is 0.332. The first-order chi connectivity index (χ1) is 18.7. The van der Waals surface area contributed by atoms with Gasteiger partial charge in [0.1, 0.15) is 0 Å². The first kappa shape index (κ1) is 30.3. The van der Waals surface area contributed by atoms with E-state index in [2.05, 4.69) is 51.2 Å². The predicted molar refractivity (Wildman–Crippen MR) is 158 cm³/mol. The molecule has 2 amide bonds. The summed E-state index contributed by atoms with van der Waals surface area (Å²) in [4.78, 5) is 28.7. The van der Waals surface area contributed by atoms with Gasteiger partial charge in [-0.05, 0) is 61.8 Å². The van der Waals surface area contributed by atoms with Crippen LogP contribution < -0.4 is 11.1 Å². The van der Waals surface area contributed by atoms with Crippen LogP contribution in [0.2, 0.25) is 0 Å². The number of primary amides is 1. The molecule has 0 spiro atoms. The molecule has 6 heteroatoms. The lowest BCUT2D eigenvalue weighted by molar-refractivity contribution is -0.145. The van der Waals surface area contributed by atoms with Crippen LogP contribution in [0.5, 0.6) is 0 Å². The van der Waals surface area contributed by atoms with E-state index in [1.807, 2.05) is 41.3 Å². The molecule has 0 saturated heterocycles. The lowest BCUT2D eigenvalue weighted by Gasteiger charge is -2.44. The molecule has 0 heterocycles. The standard InChI is InChI=1S/C33H45N3O3/c1-5-17-36(18-6-2)32(39)33(16-10-13-28(21-33)31(34)38)29(20-26-11-8-7-9-12-26)30(37)23-35-22-27-15-14-24(3)25(4)19-27/h7-16,19,29-30,35,37H,5-6,17-18,20-23H2,1-4H3,(H2,34,38)/t29-,30+,33?/m1/s1. The van der Waals surface area contributed by atoms with Gasteiger partial charge in [0.15, 0.2) is 0 Å². The molecule has 4 N–H and O–H groups in total. The van der Waals surface area contributed by atoms with E-state index in [-0.39, 0.29) is 12.3 Å². The molecule has 210 valence electrons. The largest absolute Gasteiger partial charge is 0.391 e. The topological polar surface area (TPSA) is 95.7 Å². The summed E-state index contributed by atoms with van der Waals surface area (Å²) in [7, 11) is 0. The monoisotopic (exact) mass is 531 g/mol. The van der Waals surface area contributed by atoms with Crippen LogP contribution in [0.15, 0.2) is 72.3 Å². The Morgan fingerprint density at radius 1 is 1.03 bits per heavy atom. The van der Waals surface area contributed by atoms with Crippen LogP contribution in [0, 0.1) is 25.2 Å². The second kappa shape index (κ2) is 14.2. The van der Waals surface area contributed by atoms with Gasteiger partial charge in [-0.3, -0.25) is 9.59 Å². The zero-order valence-electron chi connectivity index (χ0n) is 24.0. The van der Waals surface area contributed by atoms with Crippen LogP contribution in [0.25, 0.3) is 0 Å². The minimum Gasteiger partial charge on any atom is -0.391 e. The van der Waals surface area contributed by atoms with Crippen molar-refractivity contribution in [3.05, 3.63) is 94.6 Å². The van der Waals surface area contributed by atoms with Gasteiger partial charge in [-0.15, -0.1) is 0 Å². The van der Waals surface area contributed by atoms with Crippen molar-refractivity contribution in [1.29, 1.82) is 0 Å². The van der Waals surface area contributed by atoms with Crippen molar-refractivity contribution in [3.8, 4) is 0 Å². The van der Waals surface area contributed by atoms with E-state index in [0.717, 1.165) is 24.0 Å². The van der Waals surface area contributed by atoms with E-state index in [1.54, 1.807) is 12.2 Å². The van der Waals surface area contributed by atoms with Crippen LogP contribution in [-0.2, 0) is 22.6 Å². The van der Waals surface area contributed by atoms with Crippen molar-refractivity contribution in [3.63, 3.8) is 0 Å². The fourth-order valence-corrected chi connectivity index (χ4v) is 5.60. The molecule has 2 aromatic carbocycles. The zero-order valence-corrected chi connectivity index (χ0v) is 24.0. The number of nitrogens with zero attached hydrogens (tertiary/aromatic N) is 1. The Morgan fingerprint density at radius 2 is 1.72 bits per heavy atom. The highest BCUT2D eigenvalue weighted by Gasteiger charge is 2.49. The summed E-state index contributed by atoms with van der Waals surface area (Å²) in [5.74, 6) is -1.06. The fourth-order valence-electron chi connectivity index (χ4n) is 5.60. The van der Waals surface area contributed by atoms with Gasteiger partial charge < -0.3 is 21.1 Å². The van der Waals surface area contributed by atoms with E-state index in [9.17, 15) is 14.7 Å². The molecule has 0 radical (unpaired) electrons. The maximum atomic E-state index is 14.4. The van der Waals surface area contributed by atoms with Gasteiger partial charge >= 0.3 is 0 Å². The van der Waals surface area contributed by atoms with Gasteiger partial charge in [-0.25, -0.2) is 0 Å². The third-order valence-corrected chi connectivity index (χ3v) is 7.84. The van der Waals surface area contributed by atoms with E-state index in [4.69, 9.17) is 5.73 Å². The molecular weight excluding hydrogens is 486 g/mol. The van der Waals surface area contributed by atoms with Gasteiger partial charge in [0.05, 0.1) is 11.5 Å². The van der Waals surface area contributed by atoms with Crippen molar-refractivity contribution >= 4 is 11.8 Å². The van der Waals surface area contributed by atoms with Crippen LogP contribution in [0.4, 0.5) is 0 Å². The maximum absolute atomic E-state index is 14.4. The number of benzene rings is 2. The normalized spacial score (nSPS) is 18.3. The molecular formula is C33H45N3O3. The van der Waals surface area contributed by atoms with Crippen molar-refractivity contribution in [2.75, 3.05) is 19.6 Å². The summed E-state index contributed by atoms with van der Waals surface area (Å²) >= 11 is 0. The predicted octanol–water partition coefficient (Wildman–Crippen LogP) is 4.62. The molecule has 3 rings (SSSR count). The van der Waals surface area contributed by atoms with Gasteiger partial charge in [-0.1, -0.05) is 80.6 Å². The summed E-state index contributed by atoms with van der Waals surface area (Å²) in [6.07, 6.45) is 6.84. The summed E-state index contributed by atoms with van der Waals surface area (Å²) < 4.78 is 0. The smallest absolute Gasteiger partial charge is 0.244 e. The summed E-state index contributed by atoms with van der Waals surface area (Å²) in [5.41, 5.74) is 9.70. The summed E-state index contributed by atoms with van der Waals surface area (Å²) in [6, 6.07) is 16.3. The highest BCUT2D eigenvalue weighted by molar-refractivity contribution is 5.95. The molecule has 6 nitrogen and oxygen atoms in total. The number of aryl methyl sites for hydroxylation is 2. The van der Waals surface area contributed by atoms with Crippen LogP contribution in [0.1, 0.15) is 55.4 Å². The van der Waals surface area contributed by atoms with Crippen molar-refractivity contribution in [2.45, 2.75) is 66.0 Å². The minimum absolute atomic E-state index is 0.0524. The van der Waals surface area contributed by atoms with Crippen molar-refractivity contribution < 1.29 is 14.7 Å². The van der Waals surface area contributed by atoms with Crippen molar-refractivity contribution in [1.82, 2.24) is 10.2 Å². The Morgan fingerprint density at radius 3 is 2.33 bits per heavy atom. The number of aliphatic hydroxyl groups is 1. The maximum Gasteiger partial charge on any atom is 0.244 e.